The Kier molecular flexibility index (Phi) is 51.3. The molecule has 0 aromatic carbocycles. The van der Waals surface area contributed by atoms with E-state index in [1.807, 2.05) is 21.6 Å². The van der Waals surface area contributed by atoms with Gasteiger partial charge >= 0.3 is 5.97 Å². The van der Waals surface area contributed by atoms with Crippen molar-refractivity contribution in [2.45, 2.75) is 283 Å². The fraction of sp³-hybridized carbons (Fsp3) is 0.983. The van der Waals surface area contributed by atoms with E-state index in [0.717, 1.165) is 122 Å². The topological polar surface area (TPSA) is 120 Å². The monoisotopic (exact) mass is 1060 g/mol. The molecule has 430 valence electrons. The Morgan fingerprint density at radius 3 is 1.11 bits per heavy atom. The van der Waals surface area contributed by atoms with Crippen LogP contribution in [0.3, 0.4) is 0 Å². The number of nitrogens with zero attached hydrogens (tertiary/aromatic N) is 4. The fourth-order valence-corrected chi connectivity index (χ4v) is 12.4. The van der Waals surface area contributed by atoms with Gasteiger partial charge in [-0.25, -0.2) is 0 Å². The Bertz CT molecular complexity index is 1070. The first kappa shape index (κ1) is 69.9. The van der Waals surface area contributed by atoms with Gasteiger partial charge in [-0.2, -0.15) is 0 Å². The smallest absolute Gasteiger partial charge is 0.305 e. The zero-order valence-electron chi connectivity index (χ0n) is 48.1. The molecule has 1 heterocycles. The highest BCUT2D eigenvalue weighted by atomic mass is 33.1. The summed E-state index contributed by atoms with van der Waals surface area (Å²) in [6, 6.07) is 0. The van der Waals surface area contributed by atoms with E-state index in [1.54, 1.807) is 0 Å². The minimum atomic E-state index is -0.402. The molecule has 12 heteroatoms. The third-order valence-corrected chi connectivity index (χ3v) is 17.4. The second-order valence-corrected chi connectivity index (χ2v) is 24.8. The fourth-order valence-electron chi connectivity index (χ4n) is 10.2. The highest BCUT2D eigenvalue weighted by Crippen LogP contribution is 2.23. The number of aliphatic hydroxyl groups is 4. The van der Waals surface area contributed by atoms with Crippen molar-refractivity contribution in [1.82, 2.24) is 19.6 Å². The largest absolute Gasteiger partial charge is 0.464 e. The van der Waals surface area contributed by atoms with Crippen LogP contribution in [0.4, 0.5) is 0 Å². The van der Waals surface area contributed by atoms with Crippen LogP contribution in [0.1, 0.15) is 259 Å². The lowest BCUT2D eigenvalue weighted by molar-refractivity contribution is -0.144. The molecule has 10 nitrogen and oxygen atoms in total. The van der Waals surface area contributed by atoms with E-state index in [9.17, 15) is 25.2 Å². The summed E-state index contributed by atoms with van der Waals surface area (Å²) in [5.74, 6) is 2.11. The quantitative estimate of drug-likeness (QED) is 0.0264. The van der Waals surface area contributed by atoms with Gasteiger partial charge < -0.3 is 25.2 Å². The van der Waals surface area contributed by atoms with Crippen LogP contribution in [0.5, 0.6) is 0 Å². The van der Waals surface area contributed by atoms with E-state index in [4.69, 9.17) is 4.74 Å². The molecule has 4 N–H and O–H groups in total. The minimum Gasteiger partial charge on any atom is -0.464 e. The normalized spacial score (nSPS) is 15.5. The lowest BCUT2D eigenvalue weighted by Crippen LogP contribution is -2.47. The molecule has 1 fully saturated rings. The minimum absolute atomic E-state index is 0.144. The number of hydrogen-bond acceptors (Lipinski definition) is 12. The molecule has 0 spiro atoms. The Labute approximate surface area is 454 Å². The van der Waals surface area contributed by atoms with E-state index in [2.05, 4.69) is 47.3 Å². The molecule has 72 heavy (non-hydrogen) atoms. The van der Waals surface area contributed by atoms with Crippen molar-refractivity contribution in [3.63, 3.8) is 0 Å². The van der Waals surface area contributed by atoms with E-state index in [0.29, 0.717) is 52.2 Å². The van der Waals surface area contributed by atoms with Gasteiger partial charge in [-0.15, -0.1) is 0 Å². The Hall–Kier alpha value is -0.150. The highest BCUT2D eigenvalue weighted by Gasteiger charge is 2.20. The van der Waals surface area contributed by atoms with Crippen molar-refractivity contribution in [3.8, 4) is 0 Å². The lowest BCUT2D eigenvalue weighted by Gasteiger charge is -2.34. The Balaban J connectivity index is 2.32. The van der Waals surface area contributed by atoms with Crippen LogP contribution < -0.4 is 0 Å². The van der Waals surface area contributed by atoms with Crippen LogP contribution >= 0.6 is 21.6 Å². The number of rotatable bonds is 56. The van der Waals surface area contributed by atoms with Gasteiger partial charge in [-0.3, -0.25) is 24.4 Å². The van der Waals surface area contributed by atoms with Gasteiger partial charge in [0.25, 0.3) is 0 Å². The number of esters is 1. The first-order valence-corrected chi connectivity index (χ1v) is 33.7. The number of unbranched alkanes of at least 4 members (excludes halogenated alkanes) is 25. The molecule has 4 atom stereocenters. The van der Waals surface area contributed by atoms with Gasteiger partial charge in [0.05, 0.1) is 24.4 Å². The van der Waals surface area contributed by atoms with Gasteiger partial charge in [-0.1, -0.05) is 229 Å². The van der Waals surface area contributed by atoms with E-state index in [-0.39, 0.29) is 18.2 Å². The lowest BCUT2D eigenvalue weighted by atomic mass is 10.0. The van der Waals surface area contributed by atoms with Crippen molar-refractivity contribution in [2.75, 3.05) is 96.6 Å². The Morgan fingerprint density at radius 2 is 0.736 bits per heavy atom. The maximum atomic E-state index is 12.8. The zero-order valence-corrected chi connectivity index (χ0v) is 49.7. The average molecular weight is 1060 g/mol. The first-order valence-electron chi connectivity index (χ1n) is 31.2. The summed E-state index contributed by atoms with van der Waals surface area (Å²) in [6.45, 7) is 19.6. The summed E-state index contributed by atoms with van der Waals surface area (Å²) in [7, 11) is 3.97. The molecule has 1 rings (SSSR count). The SMILES string of the molecule is CCCCCCCCCCC(O)CN(CCCC(=O)OCCN1CCN(CCSSCCCCN(CC(O)CCCCCCCC)CC(O)CCCCCCCC)CC1)CC(O)CCCCCCCCCC. The molecule has 0 radical (unpaired) electrons. The van der Waals surface area contributed by atoms with E-state index < -0.39 is 12.2 Å². The molecule has 0 aliphatic carbocycles. The Morgan fingerprint density at radius 1 is 0.417 bits per heavy atom. The van der Waals surface area contributed by atoms with Crippen molar-refractivity contribution in [3.05, 3.63) is 0 Å². The second kappa shape index (κ2) is 52.9. The molecule has 0 amide bonds. The molecule has 0 aromatic heterocycles. The van der Waals surface area contributed by atoms with Gasteiger partial charge in [0.2, 0.25) is 0 Å². The summed E-state index contributed by atoms with van der Waals surface area (Å²) < 4.78 is 5.71. The molecule has 0 bridgehead atoms. The summed E-state index contributed by atoms with van der Waals surface area (Å²) in [4.78, 5) is 22.3. The number of hydrogen-bond donors (Lipinski definition) is 4. The standard InChI is InChI=1S/C60H122N4O6S2/c1-5-9-13-17-21-23-27-31-38-58(67)54-64(55-59(68)39-32-28-24-22-18-14-10-6-2)42-35-40-60(69)70-49-47-61-43-45-62(46-44-61)48-51-72-71-50-34-33-41-63(52-56(65)36-29-25-19-15-11-7-3)53-57(66)37-30-26-20-16-12-8-4/h56-59,65-68H,5-55H2,1-4H3. The van der Waals surface area contributed by atoms with Crippen LogP contribution in [0, 0.1) is 0 Å². The number of carbonyl (C=O) groups excluding carboxylic acids is 1. The maximum Gasteiger partial charge on any atom is 0.305 e. The zero-order chi connectivity index (χ0) is 52.4. The molecule has 1 saturated heterocycles. The van der Waals surface area contributed by atoms with Crippen LogP contribution in [-0.2, 0) is 9.53 Å². The molecule has 1 aliphatic heterocycles. The van der Waals surface area contributed by atoms with Crippen molar-refractivity contribution < 1.29 is 30.0 Å². The van der Waals surface area contributed by atoms with Gasteiger partial charge in [0.15, 0.2) is 0 Å². The van der Waals surface area contributed by atoms with Crippen molar-refractivity contribution in [1.29, 1.82) is 0 Å². The second-order valence-electron chi connectivity index (χ2n) is 22.1. The average Bonchev–Trinajstić information content (AvgIpc) is 3.36. The third-order valence-electron chi connectivity index (χ3n) is 15.0. The molecule has 4 unspecified atom stereocenters. The third kappa shape index (κ3) is 46.0. The summed E-state index contributed by atoms with van der Waals surface area (Å²) in [6.07, 6.45) is 40.2. The summed E-state index contributed by atoms with van der Waals surface area (Å²) >= 11 is 0. The van der Waals surface area contributed by atoms with Crippen LogP contribution in [0.2, 0.25) is 0 Å². The van der Waals surface area contributed by atoms with Crippen molar-refractivity contribution in [2.24, 2.45) is 0 Å². The van der Waals surface area contributed by atoms with Crippen LogP contribution in [-0.4, -0.2) is 167 Å². The molecular formula is C60H122N4O6S2. The van der Waals surface area contributed by atoms with E-state index in [1.165, 1.54) is 154 Å². The van der Waals surface area contributed by atoms with E-state index >= 15 is 0 Å². The summed E-state index contributed by atoms with van der Waals surface area (Å²) in [5, 5.41) is 43.8. The number of ether oxygens (including phenoxy) is 1. The summed E-state index contributed by atoms with van der Waals surface area (Å²) in [5.41, 5.74) is 0. The molecular weight excluding hydrogens is 937 g/mol. The van der Waals surface area contributed by atoms with Crippen LogP contribution in [0.25, 0.3) is 0 Å². The number of aliphatic hydroxyl groups excluding tert-OH is 4. The van der Waals surface area contributed by atoms with Gasteiger partial charge in [0, 0.05) is 83.4 Å². The van der Waals surface area contributed by atoms with Gasteiger partial charge in [0.1, 0.15) is 6.61 Å². The predicted molar refractivity (Wildman–Crippen MR) is 315 cm³/mol. The number of piperazine rings is 1. The molecule has 0 aromatic rings. The molecule has 0 saturated carbocycles. The first-order chi connectivity index (χ1) is 35.2. The van der Waals surface area contributed by atoms with Gasteiger partial charge in [-0.05, 0) is 58.0 Å². The predicted octanol–water partition coefficient (Wildman–Crippen LogP) is 13.7. The van der Waals surface area contributed by atoms with Crippen molar-refractivity contribution >= 4 is 27.6 Å². The van der Waals surface area contributed by atoms with Crippen LogP contribution in [0.15, 0.2) is 0 Å². The number of carbonyl (C=O) groups is 1. The molecule has 1 aliphatic rings. The maximum absolute atomic E-state index is 12.8. The highest BCUT2D eigenvalue weighted by molar-refractivity contribution is 8.76.